The molecule has 2 rings (SSSR count). The fraction of sp³-hybridized carbons (Fsp3) is 0.0909. The highest BCUT2D eigenvalue weighted by Gasteiger charge is 2.01. The lowest BCUT2D eigenvalue weighted by atomic mass is 10.3. The molecule has 0 saturated heterocycles. The Morgan fingerprint density at radius 2 is 2.00 bits per heavy atom. The van der Waals surface area contributed by atoms with Crippen LogP contribution in [0.15, 0.2) is 45.6 Å². The number of carboxylic acid groups (broad SMARTS) is 1. The molecule has 7 heteroatoms. The molecule has 0 fully saturated rings. The van der Waals surface area contributed by atoms with Crippen LogP contribution in [0.3, 0.4) is 0 Å². The molecular formula is C11H10BrNO2S3. The van der Waals surface area contributed by atoms with Gasteiger partial charge in [0.05, 0.1) is 15.6 Å². The monoisotopic (exact) mass is 363 g/mol. The van der Waals surface area contributed by atoms with E-state index in [0.29, 0.717) is 0 Å². The highest BCUT2D eigenvalue weighted by Crippen LogP contribution is 2.24. The predicted molar refractivity (Wildman–Crippen MR) is 82.5 cm³/mol. The Morgan fingerprint density at radius 1 is 1.28 bits per heavy atom. The van der Waals surface area contributed by atoms with Crippen molar-refractivity contribution < 1.29 is 9.90 Å². The van der Waals surface area contributed by atoms with Gasteiger partial charge in [0.15, 0.2) is 0 Å². The van der Waals surface area contributed by atoms with Crippen molar-refractivity contribution in [2.45, 2.75) is 4.21 Å². The number of carboxylic acids is 1. The standard InChI is InChI=1S/C11H9NO2S3.BrH/c13-10(14)7-15-11-6-9(16-17-11)12-8-4-2-1-3-5-8;/h1-6H,7H2,(H,13,14);1H/b12-9-;. The third kappa shape index (κ3) is 4.93. The summed E-state index contributed by atoms with van der Waals surface area (Å²) >= 11 is 1.33. The first-order valence-electron chi connectivity index (χ1n) is 4.78. The molecule has 96 valence electrons. The Bertz CT molecular complexity index is 565. The van der Waals surface area contributed by atoms with E-state index in [0.717, 1.165) is 14.6 Å². The third-order valence-electron chi connectivity index (χ3n) is 1.78. The molecule has 1 N–H and O–H groups in total. The van der Waals surface area contributed by atoms with Gasteiger partial charge in [-0.3, -0.25) is 4.79 Å². The number of rotatable bonds is 4. The lowest BCUT2D eigenvalue weighted by Gasteiger charge is -1.89. The number of hydrogen-bond donors (Lipinski definition) is 1. The largest absolute Gasteiger partial charge is 0.481 e. The van der Waals surface area contributed by atoms with E-state index in [2.05, 4.69) is 4.99 Å². The van der Waals surface area contributed by atoms with Crippen molar-refractivity contribution in [3.63, 3.8) is 0 Å². The van der Waals surface area contributed by atoms with Crippen molar-refractivity contribution in [2.75, 3.05) is 5.75 Å². The van der Waals surface area contributed by atoms with Crippen molar-refractivity contribution in [3.05, 3.63) is 41.1 Å². The molecule has 0 radical (unpaired) electrons. The van der Waals surface area contributed by atoms with E-state index in [-0.39, 0.29) is 22.7 Å². The highest BCUT2D eigenvalue weighted by atomic mass is 79.9. The van der Waals surface area contributed by atoms with Gasteiger partial charge in [0.2, 0.25) is 0 Å². The van der Waals surface area contributed by atoms with Crippen LogP contribution in [0.25, 0.3) is 0 Å². The molecule has 0 spiro atoms. The lowest BCUT2D eigenvalue weighted by Crippen LogP contribution is -1.97. The zero-order valence-corrected chi connectivity index (χ0v) is 13.3. The molecule has 3 nitrogen and oxygen atoms in total. The van der Waals surface area contributed by atoms with Gasteiger partial charge in [-0.25, -0.2) is 4.99 Å². The van der Waals surface area contributed by atoms with E-state index in [1.165, 1.54) is 11.8 Å². The molecule has 0 aliphatic heterocycles. The Morgan fingerprint density at radius 3 is 2.67 bits per heavy atom. The molecule has 1 aromatic carbocycles. The van der Waals surface area contributed by atoms with Crippen LogP contribution in [0, 0.1) is 0 Å². The first-order valence-corrected chi connectivity index (χ1v) is 7.92. The van der Waals surface area contributed by atoms with E-state index < -0.39 is 5.97 Å². The summed E-state index contributed by atoms with van der Waals surface area (Å²) < 4.78 is 1.90. The average Bonchev–Trinajstić information content (AvgIpc) is 2.75. The molecule has 18 heavy (non-hydrogen) atoms. The zero-order valence-electron chi connectivity index (χ0n) is 9.11. The fourth-order valence-corrected chi connectivity index (χ4v) is 4.37. The number of halogens is 1. The Balaban J connectivity index is 0.00000162. The predicted octanol–water partition coefficient (Wildman–Crippen LogP) is 3.80. The van der Waals surface area contributed by atoms with Gasteiger partial charge in [-0.05, 0) is 18.2 Å². The minimum absolute atomic E-state index is 0. The van der Waals surface area contributed by atoms with Gasteiger partial charge in [0.1, 0.15) is 4.67 Å². The second-order valence-electron chi connectivity index (χ2n) is 3.10. The number of benzene rings is 1. The van der Waals surface area contributed by atoms with Crippen LogP contribution in [0.1, 0.15) is 0 Å². The second-order valence-corrected chi connectivity index (χ2v) is 6.57. The van der Waals surface area contributed by atoms with Gasteiger partial charge < -0.3 is 5.11 Å². The quantitative estimate of drug-likeness (QED) is 0.663. The van der Waals surface area contributed by atoms with Crippen LogP contribution < -0.4 is 4.67 Å². The second kappa shape index (κ2) is 7.73. The first kappa shape index (κ1) is 15.4. The van der Waals surface area contributed by atoms with Gasteiger partial charge in [-0.15, -0.1) is 28.7 Å². The van der Waals surface area contributed by atoms with Crippen molar-refractivity contribution in [3.8, 4) is 0 Å². The molecule has 0 amide bonds. The maximum absolute atomic E-state index is 10.4. The topological polar surface area (TPSA) is 49.7 Å². The first-order chi connectivity index (χ1) is 8.24. The van der Waals surface area contributed by atoms with E-state index >= 15 is 0 Å². The minimum atomic E-state index is -0.796. The van der Waals surface area contributed by atoms with Crippen LogP contribution >= 0.6 is 49.4 Å². The summed E-state index contributed by atoms with van der Waals surface area (Å²) in [6.07, 6.45) is 0. The molecule has 0 unspecified atom stereocenters. The molecule has 0 atom stereocenters. The zero-order chi connectivity index (χ0) is 12.1. The molecule has 0 aliphatic rings. The van der Waals surface area contributed by atoms with Gasteiger partial charge in [0, 0.05) is 0 Å². The van der Waals surface area contributed by atoms with Gasteiger partial charge >= 0.3 is 5.97 Å². The van der Waals surface area contributed by atoms with Gasteiger partial charge in [0.25, 0.3) is 0 Å². The maximum Gasteiger partial charge on any atom is 0.313 e. The molecule has 0 bridgehead atoms. The summed E-state index contributed by atoms with van der Waals surface area (Å²) in [7, 11) is 3.12. The number of carbonyl (C=O) groups is 1. The Hall–Kier alpha value is -0.630. The Labute approximate surface area is 126 Å². The minimum Gasteiger partial charge on any atom is -0.481 e. The van der Waals surface area contributed by atoms with Crippen molar-refractivity contribution >= 4 is 61.1 Å². The number of aliphatic carboxylic acids is 1. The van der Waals surface area contributed by atoms with E-state index in [4.69, 9.17) is 5.11 Å². The molecule has 0 saturated carbocycles. The van der Waals surface area contributed by atoms with Gasteiger partial charge in [-0.2, -0.15) is 0 Å². The fourth-order valence-electron chi connectivity index (χ4n) is 1.11. The number of nitrogens with zero attached hydrogens (tertiary/aromatic N) is 1. The molecular weight excluding hydrogens is 354 g/mol. The van der Waals surface area contributed by atoms with Crippen molar-refractivity contribution in [1.29, 1.82) is 0 Å². The van der Waals surface area contributed by atoms with Crippen LogP contribution in [0.5, 0.6) is 0 Å². The van der Waals surface area contributed by atoms with Crippen molar-refractivity contribution in [1.82, 2.24) is 0 Å². The average molecular weight is 364 g/mol. The summed E-state index contributed by atoms with van der Waals surface area (Å²) in [5.41, 5.74) is 0.913. The molecule has 1 aromatic heterocycles. The number of hydrogen-bond acceptors (Lipinski definition) is 5. The van der Waals surface area contributed by atoms with Gasteiger partial charge in [-0.1, -0.05) is 38.9 Å². The third-order valence-corrected chi connectivity index (χ3v) is 5.54. The highest BCUT2D eigenvalue weighted by molar-refractivity contribution is 8.93. The van der Waals surface area contributed by atoms with Crippen LogP contribution in [0.2, 0.25) is 0 Å². The summed E-state index contributed by atoms with van der Waals surface area (Å²) in [4.78, 5) is 14.9. The summed E-state index contributed by atoms with van der Waals surface area (Å²) in [6, 6.07) is 11.6. The van der Waals surface area contributed by atoms with E-state index in [1.807, 2.05) is 36.4 Å². The maximum atomic E-state index is 10.4. The molecule has 2 aromatic rings. The Kier molecular flexibility index (Phi) is 6.62. The van der Waals surface area contributed by atoms with E-state index in [1.54, 1.807) is 20.7 Å². The normalized spacial score (nSPS) is 11.0. The molecule has 1 heterocycles. The lowest BCUT2D eigenvalue weighted by molar-refractivity contribution is -0.133. The van der Waals surface area contributed by atoms with Crippen LogP contribution in [-0.4, -0.2) is 16.8 Å². The number of para-hydroxylation sites is 1. The molecule has 0 aliphatic carbocycles. The SMILES string of the molecule is Br.O=C(O)CSc1c/c(=N/c2ccccc2)ss1. The van der Waals surface area contributed by atoms with Crippen molar-refractivity contribution in [2.24, 2.45) is 4.99 Å². The smallest absolute Gasteiger partial charge is 0.313 e. The van der Waals surface area contributed by atoms with E-state index in [9.17, 15) is 4.79 Å². The summed E-state index contributed by atoms with van der Waals surface area (Å²) in [5.74, 6) is -0.701. The summed E-state index contributed by atoms with van der Waals surface area (Å²) in [6.45, 7) is 0. The number of thioether (sulfide) groups is 1. The van der Waals surface area contributed by atoms with Crippen LogP contribution in [0.4, 0.5) is 5.69 Å². The summed E-state index contributed by atoms with van der Waals surface area (Å²) in [5, 5.41) is 8.58. The van der Waals surface area contributed by atoms with Crippen LogP contribution in [-0.2, 0) is 4.79 Å².